The molecule has 0 bridgehead atoms. The number of likely N-dealkylation sites (tertiary alicyclic amines) is 1. The van der Waals surface area contributed by atoms with E-state index >= 15 is 0 Å². The Morgan fingerprint density at radius 1 is 1.15 bits per heavy atom. The molecule has 0 unspecified atom stereocenters. The molecule has 5 nitrogen and oxygen atoms in total. The largest absolute Gasteiger partial charge is 0.347 e. The highest BCUT2D eigenvalue weighted by molar-refractivity contribution is 5.39. The second-order valence-electron chi connectivity index (χ2n) is 5.58. The summed E-state index contributed by atoms with van der Waals surface area (Å²) in [7, 11) is 0. The van der Waals surface area contributed by atoms with E-state index in [1.54, 1.807) is 0 Å². The molecule has 2 aliphatic rings. The SMILES string of the molecule is c1ccn2cc(CN3CCC4(CC3)OCCO4)nc2c1. The third-order valence-electron chi connectivity index (χ3n) is 4.23. The van der Waals surface area contributed by atoms with Gasteiger partial charge in [-0.2, -0.15) is 0 Å². The molecule has 1 spiro atoms. The summed E-state index contributed by atoms with van der Waals surface area (Å²) in [5, 5.41) is 0. The highest BCUT2D eigenvalue weighted by Gasteiger charge is 2.39. The van der Waals surface area contributed by atoms with Gasteiger partial charge in [-0.1, -0.05) is 6.07 Å². The van der Waals surface area contributed by atoms with Crippen LogP contribution in [0.3, 0.4) is 0 Å². The van der Waals surface area contributed by atoms with Crippen molar-refractivity contribution in [3.8, 4) is 0 Å². The quantitative estimate of drug-likeness (QED) is 0.834. The summed E-state index contributed by atoms with van der Waals surface area (Å²) in [5.41, 5.74) is 2.14. The van der Waals surface area contributed by atoms with E-state index in [-0.39, 0.29) is 5.79 Å². The van der Waals surface area contributed by atoms with Gasteiger partial charge in [0.25, 0.3) is 0 Å². The lowest BCUT2D eigenvalue weighted by molar-refractivity contribution is -0.185. The maximum Gasteiger partial charge on any atom is 0.170 e. The van der Waals surface area contributed by atoms with Crippen molar-refractivity contribution in [1.29, 1.82) is 0 Å². The maximum absolute atomic E-state index is 5.76. The van der Waals surface area contributed by atoms with E-state index in [4.69, 9.17) is 9.47 Å². The van der Waals surface area contributed by atoms with Gasteiger partial charge in [0.1, 0.15) is 5.65 Å². The molecule has 0 amide bonds. The third kappa shape index (κ3) is 2.22. The topological polar surface area (TPSA) is 39.0 Å². The van der Waals surface area contributed by atoms with E-state index in [1.807, 2.05) is 24.4 Å². The number of hydrogen-bond acceptors (Lipinski definition) is 4. The first-order valence-electron chi connectivity index (χ1n) is 7.26. The first kappa shape index (κ1) is 12.3. The zero-order chi connectivity index (χ0) is 13.4. The molecule has 0 aromatic carbocycles. The molecule has 0 aliphatic carbocycles. The van der Waals surface area contributed by atoms with Crippen LogP contribution in [0, 0.1) is 0 Å². The first-order chi connectivity index (χ1) is 9.83. The zero-order valence-corrected chi connectivity index (χ0v) is 11.5. The number of ether oxygens (including phenoxy) is 2. The number of imidazole rings is 1. The molecule has 2 fully saturated rings. The molecule has 4 heterocycles. The minimum atomic E-state index is -0.282. The number of aromatic nitrogens is 2. The monoisotopic (exact) mass is 273 g/mol. The summed E-state index contributed by atoms with van der Waals surface area (Å²) >= 11 is 0. The molecule has 2 aliphatic heterocycles. The Morgan fingerprint density at radius 2 is 1.95 bits per heavy atom. The number of hydrogen-bond donors (Lipinski definition) is 0. The van der Waals surface area contributed by atoms with Crippen LogP contribution in [0.4, 0.5) is 0 Å². The van der Waals surface area contributed by atoms with Crippen LogP contribution < -0.4 is 0 Å². The van der Waals surface area contributed by atoms with Crippen LogP contribution in [-0.2, 0) is 16.0 Å². The molecular weight excluding hydrogens is 254 g/mol. The predicted molar refractivity (Wildman–Crippen MR) is 74.3 cm³/mol. The summed E-state index contributed by atoms with van der Waals surface area (Å²) < 4.78 is 13.6. The van der Waals surface area contributed by atoms with Crippen molar-refractivity contribution in [3.05, 3.63) is 36.3 Å². The van der Waals surface area contributed by atoms with Gasteiger partial charge in [-0.15, -0.1) is 0 Å². The van der Waals surface area contributed by atoms with Crippen molar-refractivity contribution in [2.75, 3.05) is 26.3 Å². The number of nitrogens with zero attached hydrogens (tertiary/aromatic N) is 3. The summed E-state index contributed by atoms with van der Waals surface area (Å²) in [5.74, 6) is -0.282. The first-order valence-corrected chi connectivity index (χ1v) is 7.26. The minimum Gasteiger partial charge on any atom is -0.347 e. The number of piperidine rings is 1. The molecule has 2 saturated heterocycles. The average Bonchev–Trinajstić information content (AvgIpc) is 3.08. The Kier molecular flexibility index (Phi) is 2.98. The van der Waals surface area contributed by atoms with Crippen LogP contribution in [0.25, 0.3) is 5.65 Å². The fraction of sp³-hybridized carbons (Fsp3) is 0.533. The van der Waals surface area contributed by atoms with Crippen LogP contribution in [0.5, 0.6) is 0 Å². The van der Waals surface area contributed by atoms with Crippen molar-refractivity contribution in [3.63, 3.8) is 0 Å². The number of rotatable bonds is 2. The van der Waals surface area contributed by atoms with Crippen LogP contribution in [0.2, 0.25) is 0 Å². The Hall–Kier alpha value is -1.43. The highest BCUT2D eigenvalue weighted by Crippen LogP contribution is 2.31. The normalized spacial score (nSPS) is 22.8. The number of pyridine rings is 1. The third-order valence-corrected chi connectivity index (χ3v) is 4.23. The lowest BCUT2D eigenvalue weighted by Crippen LogP contribution is -2.44. The summed E-state index contributed by atoms with van der Waals surface area (Å²) in [6.45, 7) is 4.40. The molecule has 20 heavy (non-hydrogen) atoms. The molecule has 5 heteroatoms. The molecule has 4 rings (SSSR count). The molecular formula is C15H19N3O2. The summed E-state index contributed by atoms with van der Waals surface area (Å²) in [6.07, 6.45) is 6.07. The molecule has 106 valence electrons. The van der Waals surface area contributed by atoms with E-state index in [0.29, 0.717) is 0 Å². The Bertz CT molecular complexity index is 561. The molecule has 0 atom stereocenters. The van der Waals surface area contributed by atoms with Gasteiger partial charge in [-0.05, 0) is 12.1 Å². The van der Waals surface area contributed by atoms with Crippen molar-refractivity contribution < 1.29 is 9.47 Å². The van der Waals surface area contributed by atoms with Crippen molar-refractivity contribution in [2.24, 2.45) is 0 Å². The second-order valence-corrected chi connectivity index (χ2v) is 5.58. The van der Waals surface area contributed by atoms with Crippen LogP contribution >= 0.6 is 0 Å². The van der Waals surface area contributed by atoms with Crippen molar-refractivity contribution in [2.45, 2.75) is 25.2 Å². The van der Waals surface area contributed by atoms with E-state index in [1.165, 1.54) is 0 Å². The van der Waals surface area contributed by atoms with Gasteiger partial charge < -0.3 is 13.9 Å². The average molecular weight is 273 g/mol. The number of fused-ring (bicyclic) bond motifs is 1. The lowest BCUT2D eigenvalue weighted by atomic mass is 10.0. The Labute approximate surface area is 118 Å². The lowest BCUT2D eigenvalue weighted by Gasteiger charge is -2.37. The van der Waals surface area contributed by atoms with Crippen molar-refractivity contribution >= 4 is 5.65 Å². The minimum absolute atomic E-state index is 0.282. The van der Waals surface area contributed by atoms with Crippen LogP contribution in [0.1, 0.15) is 18.5 Å². The highest BCUT2D eigenvalue weighted by atomic mass is 16.7. The van der Waals surface area contributed by atoms with Gasteiger partial charge in [0.15, 0.2) is 5.79 Å². The van der Waals surface area contributed by atoms with E-state index in [9.17, 15) is 0 Å². The molecule has 0 saturated carbocycles. The van der Waals surface area contributed by atoms with E-state index in [2.05, 4.69) is 20.5 Å². The fourth-order valence-electron chi connectivity index (χ4n) is 3.13. The van der Waals surface area contributed by atoms with Gasteiger partial charge >= 0.3 is 0 Å². The molecule has 2 aromatic rings. The second kappa shape index (κ2) is 4.84. The molecule has 2 aromatic heterocycles. The van der Waals surface area contributed by atoms with Gasteiger partial charge in [-0.3, -0.25) is 4.90 Å². The Morgan fingerprint density at radius 3 is 2.70 bits per heavy atom. The van der Waals surface area contributed by atoms with Gasteiger partial charge in [0.2, 0.25) is 0 Å². The summed E-state index contributed by atoms with van der Waals surface area (Å²) in [6, 6.07) is 6.08. The van der Waals surface area contributed by atoms with Gasteiger partial charge in [-0.25, -0.2) is 4.98 Å². The van der Waals surface area contributed by atoms with Crippen LogP contribution in [0.15, 0.2) is 30.6 Å². The smallest absolute Gasteiger partial charge is 0.170 e. The Balaban J connectivity index is 1.42. The van der Waals surface area contributed by atoms with Gasteiger partial charge in [0, 0.05) is 44.9 Å². The van der Waals surface area contributed by atoms with Crippen molar-refractivity contribution in [1.82, 2.24) is 14.3 Å². The van der Waals surface area contributed by atoms with E-state index in [0.717, 1.165) is 57.0 Å². The van der Waals surface area contributed by atoms with Gasteiger partial charge in [0.05, 0.1) is 18.9 Å². The summed E-state index contributed by atoms with van der Waals surface area (Å²) in [4.78, 5) is 7.08. The zero-order valence-electron chi connectivity index (χ0n) is 11.5. The van der Waals surface area contributed by atoms with E-state index < -0.39 is 0 Å². The molecule has 0 N–H and O–H groups in total. The standard InChI is InChI=1S/C15H19N3O2/c1-2-6-18-12-13(16-14(18)3-1)11-17-7-4-15(5-8-17)19-9-10-20-15/h1-3,6,12H,4-5,7-11H2. The maximum atomic E-state index is 5.76. The van der Waals surface area contributed by atoms with Crippen LogP contribution in [-0.4, -0.2) is 46.4 Å². The molecule has 0 radical (unpaired) electrons. The fourth-order valence-corrected chi connectivity index (χ4v) is 3.13. The predicted octanol–water partition coefficient (Wildman–Crippen LogP) is 1.67.